The van der Waals surface area contributed by atoms with Crippen molar-refractivity contribution in [2.45, 2.75) is 50.3 Å². The van der Waals surface area contributed by atoms with Crippen LogP contribution in [0.1, 0.15) is 48.4 Å². The van der Waals surface area contributed by atoms with Crippen molar-refractivity contribution in [3.63, 3.8) is 0 Å². The number of halogens is 1. The number of nitrogens with zero attached hydrogens (tertiary/aromatic N) is 3. The summed E-state index contributed by atoms with van der Waals surface area (Å²) in [5.74, 6) is 0. The van der Waals surface area contributed by atoms with Crippen molar-refractivity contribution >= 4 is 22.9 Å². The van der Waals surface area contributed by atoms with Gasteiger partial charge in [-0.05, 0) is 44.2 Å². The van der Waals surface area contributed by atoms with Crippen molar-refractivity contribution in [3.05, 3.63) is 32.7 Å². The van der Waals surface area contributed by atoms with E-state index in [1.807, 2.05) is 13.2 Å². The van der Waals surface area contributed by atoms with Crippen LogP contribution in [0.2, 0.25) is 4.34 Å². The molecule has 1 spiro atoms. The molecular weight excluding hydrogens is 332 g/mol. The third-order valence-electron chi connectivity index (χ3n) is 4.88. The van der Waals surface area contributed by atoms with Crippen LogP contribution in [-0.4, -0.2) is 27.6 Å². The first-order valence-electron chi connectivity index (χ1n) is 8.11. The fraction of sp³-hybridized carbons (Fsp3) is 0.625. The first-order chi connectivity index (χ1) is 11.1. The minimum absolute atomic E-state index is 0.200. The standard InChI is InChI=1S/C16H21ClN4OS/c1-10-8-16(15-11(4-6-22-16)7-14(17)23-15)5-3-12(19-10)13-9-18-21(2)20-13/h7,9-10,12,19H,3-6,8H2,1-2H3/t10-,12-,16+/m0/s1. The first-order valence-corrected chi connectivity index (χ1v) is 9.30. The van der Waals surface area contributed by atoms with Gasteiger partial charge >= 0.3 is 0 Å². The molecule has 0 unspecified atom stereocenters. The van der Waals surface area contributed by atoms with Crippen molar-refractivity contribution < 1.29 is 4.74 Å². The van der Waals surface area contributed by atoms with Gasteiger partial charge in [-0.15, -0.1) is 11.3 Å². The predicted octanol–water partition coefficient (Wildman–Crippen LogP) is 3.20. The minimum Gasteiger partial charge on any atom is -0.369 e. The number of hydrogen-bond donors (Lipinski definition) is 1. The molecular formula is C16H21ClN4OS. The zero-order valence-electron chi connectivity index (χ0n) is 13.4. The Balaban J connectivity index is 1.65. The number of ether oxygens (including phenoxy) is 1. The molecule has 0 bridgehead atoms. The summed E-state index contributed by atoms with van der Waals surface area (Å²) in [7, 11) is 1.86. The summed E-state index contributed by atoms with van der Waals surface area (Å²) >= 11 is 7.97. The first kappa shape index (κ1) is 15.6. The van der Waals surface area contributed by atoms with Crippen LogP contribution < -0.4 is 5.32 Å². The van der Waals surface area contributed by atoms with E-state index in [2.05, 4.69) is 28.5 Å². The molecule has 0 aromatic carbocycles. The van der Waals surface area contributed by atoms with E-state index < -0.39 is 0 Å². The van der Waals surface area contributed by atoms with Crippen molar-refractivity contribution in [3.8, 4) is 0 Å². The highest BCUT2D eigenvalue weighted by Crippen LogP contribution is 2.48. The molecule has 2 aliphatic heterocycles. The number of rotatable bonds is 1. The molecule has 2 aliphatic rings. The summed E-state index contributed by atoms with van der Waals surface area (Å²) < 4.78 is 7.23. The maximum Gasteiger partial charge on any atom is 0.104 e. The molecule has 1 fully saturated rings. The van der Waals surface area contributed by atoms with Gasteiger partial charge in [0.2, 0.25) is 0 Å². The van der Waals surface area contributed by atoms with E-state index in [4.69, 9.17) is 16.3 Å². The number of fused-ring (bicyclic) bond motifs is 2. The summed E-state index contributed by atoms with van der Waals surface area (Å²) in [5, 5.41) is 12.4. The zero-order valence-corrected chi connectivity index (χ0v) is 15.0. The smallest absolute Gasteiger partial charge is 0.104 e. The van der Waals surface area contributed by atoms with Crippen LogP contribution in [0.25, 0.3) is 0 Å². The van der Waals surface area contributed by atoms with E-state index in [0.717, 1.165) is 42.3 Å². The average molecular weight is 353 g/mol. The molecule has 0 radical (unpaired) electrons. The number of nitrogens with one attached hydrogen (secondary N) is 1. The Bertz CT molecular complexity index is 715. The second kappa shape index (κ2) is 5.84. The molecule has 0 aliphatic carbocycles. The second-order valence-electron chi connectivity index (χ2n) is 6.62. The maximum absolute atomic E-state index is 6.36. The molecule has 3 atom stereocenters. The summed E-state index contributed by atoms with van der Waals surface area (Å²) in [4.78, 5) is 2.96. The molecule has 2 aromatic rings. The van der Waals surface area contributed by atoms with Crippen LogP contribution in [0, 0.1) is 0 Å². The van der Waals surface area contributed by atoms with Crippen LogP contribution in [-0.2, 0) is 23.8 Å². The minimum atomic E-state index is -0.200. The Morgan fingerprint density at radius 2 is 2.39 bits per heavy atom. The Morgan fingerprint density at radius 1 is 1.52 bits per heavy atom. The van der Waals surface area contributed by atoms with E-state index >= 15 is 0 Å². The molecule has 0 amide bonds. The Labute approximate surface area is 145 Å². The highest BCUT2D eigenvalue weighted by molar-refractivity contribution is 7.16. The molecule has 124 valence electrons. The monoisotopic (exact) mass is 352 g/mol. The van der Waals surface area contributed by atoms with E-state index in [0.29, 0.717) is 6.04 Å². The lowest BCUT2D eigenvalue weighted by molar-refractivity contribution is -0.0704. The molecule has 2 aromatic heterocycles. The number of aromatic nitrogens is 3. The van der Waals surface area contributed by atoms with E-state index in [9.17, 15) is 0 Å². The molecule has 0 saturated carbocycles. The topological polar surface area (TPSA) is 52.0 Å². The zero-order chi connectivity index (χ0) is 16.0. The SMILES string of the molecule is C[C@H]1C[C@@]2(CC[C@@H](c3cnn(C)n3)N1)OCCc1cc(Cl)sc12. The molecule has 7 heteroatoms. The van der Waals surface area contributed by atoms with Gasteiger partial charge in [0.15, 0.2) is 0 Å². The Morgan fingerprint density at radius 3 is 3.17 bits per heavy atom. The number of aryl methyl sites for hydroxylation is 1. The molecule has 4 rings (SSSR count). The Hall–Kier alpha value is -0.950. The highest BCUT2D eigenvalue weighted by Gasteiger charge is 2.43. The number of thiophene rings is 1. The predicted molar refractivity (Wildman–Crippen MR) is 90.9 cm³/mol. The van der Waals surface area contributed by atoms with E-state index in [-0.39, 0.29) is 11.6 Å². The molecule has 4 heterocycles. The maximum atomic E-state index is 6.36. The fourth-order valence-electron chi connectivity index (χ4n) is 3.94. The lowest BCUT2D eigenvalue weighted by atomic mass is 9.85. The third kappa shape index (κ3) is 2.82. The summed E-state index contributed by atoms with van der Waals surface area (Å²) in [6.07, 6.45) is 5.76. The van der Waals surface area contributed by atoms with Gasteiger partial charge < -0.3 is 10.1 Å². The normalized spacial score (nSPS) is 31.1. The van der Waals surface area contributed by atoms with Crippen molar-refractivity contribution in [1.29, 1.82) is 0 Å². The lowest BCUT2D eigenvalue weighted by Gasteiger charge is -2.37. The fourth-order valence-corrected chi connectivity index (χ4v) is 5.42. The van der Waals surface area contributed by atoms with Crippen molar-refractivity contribution in [2.75, 3.05) is 6.61 Å². The van der Waals surface area contributed by atoms with Gasteiger partial charge in [-0.1, -0.05) is 11.6 Å². The van der Waals surface area contributed by atoms with Gasteiger partial charge in [0.05, 0.1) is 28.9 Å². The summed E-state index contributed by atoms with van der Waals surface area (Å²) in [5.41, 5.74) is 2.18. The van der Waals surface area contributed by atoms with Gasteiger partial charge in [0, 0.05) is 18.0 Å². The van der Waals surface area contributed by atoms with Gasteiger partial charge in [-0.2, -0.15) is 15.0 Å². The quantitative estimate of drug-likeness (QED) is 0.856. The van der Waals surface area contributed by atoms with Crippen LogP contribution in [0.4, 0.5) is 0 Å². The van der Waals surface area contributed by atoms with Gasteiger partial charge in [0.1, 0.15) is 5.60 Å². The largest absolute Gasteiger partial charge is 0.369 e. The van der Waals surface area contributed by atoms with Crippen LogP contribution in [0.15, 0.2) is 12.3 Å². The molecule has 1 saturated heterocycles. The van der Waals surface area contributed by atoms with Gasteiger partial charge in [0.25, 0.3) is 0 Å². The van der Waals surface area contributed by atoms with Crippen LogP contribution in [0.3, 0.4) is 0 Å². The van der Waals surface area contributed by atoms with E-state index in [1.54, 1.807) is 16.1 Å². The van der Waals surface area contributed by atoms with Crippen LogP contribution >= 0.6 is 22.9 Å². The highest BCUT2D eigenvalue weighted by atomic mass is 35.5. The summed E-state index contributed by atoms with van der Waals surface area (Å²) in [6, 6.07) is 2.69. The molecule has 23 heavy (non-hydrogen) atoms. The lowest BCUT2D eigenvalue weighted by Crippen LogP contribution is -2.38. The van der Waals surface area contributed by atoms with Crippen LogP contribution in [0.5, 0.6) is 0 Å². The molecule has 1 N–H and O–H groups in total. The second-order valence-corrected chi connectivity index (χ2v) is 8.30. The summed E-state index contributed by atoms with van der Waals surface area (Å²) in [6.45, 7) is 3.01. The third-order valence-corrected chi connectivity index (χ3v) is 6.37. The van der Waals surface area contributed by atoms with E-state index in [1.165, 1.54) is 10.4 Å². The Kier molecular flexibility index (Phi) is 3.96. The molecule has 5 nitrogen and oxygen atoms in total. The van der Waals surface area contributed by atoms with Crippen molar-refractivity contribution in [2.24, 2.45) is 7.05 Å². The van der Waals surface area contributed by atoms with Gasteiger partial charge in [-0.3, -0.25) is 0 Å². The average Bonchev–Trinajstić information content (AvgIpc) is 3.05. The van der Waals surface area contributed by atoms with Crippen molar-refractivity contribution in [1.82, 2.24) is 20.3 Å². The number of hydrogen-bond acceptors (Lipinski definition) is 5. The van der Waals surface area contributed by atoms with Gasteiger partial charge in [-0.25, -0.2) is 0 Å².